The fourth-order valence-corrected chi connectivity index (χ4v) is 4.02. The number of rotatable bonds is 12. The third-order valence-electron chi connectivity index (χ3n) is 6.17. The third-order valence-corrected chi connectivity index (χ3v) is 6.17. The number of methoxy groups -OCH3 is 1. The van der Waals surface area contributed by atoms with Gasteiger partial charge in [-0.25, -0.2) is 4.98 Å². The van der Waals surface area contributed by atoms with Crippen LogP contribution in [-0.2, 0) is 6.54 Å². The molecule has 0 radical (unpaired) electrons. The second-order valence-electron chi connectivity index (χ2n) is 9.82. The van der Waals surface area contributed by atoms with Gasteiger partial charge < -0.3 is 19.9 Å². The van der Waals surface area contributed by atoms with Gasteiger partial charge in [-0.2, -0.15) is 0 Å². The van der Waals surface area contributed by atoms with Gasteiger partial charge in [0.15, 0.2) is 0 Å². The first-order chi connectivity index (χ1) is 16.3. The highest BCUT2D eigenvalue weighted by atomic mass is 16.5. The molecule has 0 bridgehead atoms. The van der Waals surface area contributed by atoms with Crippen molar-refractivity contribution in [1.29, 1.82) is 0 Å². The Labute approximate surface area is 204 Å². The second-order valence-corrected chi connectivity index (χ2v) is 9.82. The Balaban J connectivity index is 1.99. The quantitative estimate of drug-likeness (QED) is 0.379. The topological polar surface area (TPSA) is 73.4 Å². The number of hydrogen-bond donors (Lipinski definition) is 1. The lowest BCUT2D eigenvalue weighted by Gasteiger charge is -2.24. The highest BCUT2D eigenvalue weighted by Gasteiger charge is 2.19. The van der Waals surface area contributed by atoms with Crippen molar-refractivity contribution in [2.75, 3.05) is 26.7 Å². The van der Waals surface area contributed by atoms with Crippen molar-refractivity contribution in [2.45, 2.75) is 53.5 Å². The number of amides is 1. The van der Waals surface area contributed by atoms with Gasteiger partial charge in [0.2, 0.25) is 0 Å². The van der Waals surface area contributed by atoms with Crippen molar-refractivity contribution < 1.29 is 9.53 Å². The summed E-state index contributed by atoms with van der Waals surface area (Å²) in [5.41, 5.74) is 9.42. The molecule has 0 saturated heterocycles. The number of imidazole rings is 1. The highest BCUT2D eigenvalue weighted by molar-refractivity contribution is 5.98. The molecule has 6 nitrogen and oxygen atoms in total. The Kier molecular flexibility index (Phi) is 9.11. The molecule has 0 unspecified atom stereocenters. The van der Waals surface area contributed by atoms with Crippen LogP contribution in [0.3, 0.4) is 0 Å². The minimum atomic E-state index is 0.0979. The SMILES string of the molecule is COc1ccc(-c2nc3ccc(C(=O)N(CCC(C)C)CCC(C)C)cc3n2CCCN)cc1. The monoisotopic (exact) mass is 464 g/mol. The molecule has 0 aliphatic rings. The maximum atomic E-state index is 13.5. The van der Waals surface area contributed by atoms with Crippen LogP contribution in [0.25, 0.3) is 22.4 Å². The summed E-state index contributed by atoms with van der Waals surface area (Å²) in [4.78, 5) is 20.5. The van der Waals surface area contributed by atoms with E-state index >= 15 is 0 Å². The zero-order valence-corrected chi connectivity index (χ0v) is 21.4. The summed E-state index contributed by atoms with van der Waals surface area (Å²) in [5, 5.41) is 0. The Bertz CT molecular complexity index is 1060. The number of nitrogens with two attached hydrogens (primary N) is 1. The van der Waals surface area contributed by atoms with Gasteiger partial charge in [0.25, 0.3) is 5.91 Å². The van der Waals surface area contributed by atoms with Gasteiger partial charge in [0.05, 0.1) is 18.1 Å². The smallest absolute Gasteiger partial charge is 0.253 e. The molecule has 0 aliphatic heterocycles. The van der Waals surface area contributed by atoms with E-state index in [0.29, 0.717) is 18.4 Å². The van der Waals surface area contributed by atoms with Crippen molar-refractivity contribution in [3.8, 4) is 17.1 Å². The first-order valence-electron chi connectivity index (χ1n) is 12.5. The molecule has 3 rings (SSSR count). The average molecular weight is 465 g/mol. The Morgan fingerprint density at radius 3 is 2.24 bits per heavy atom. The second kappa shape index (κ2) is 12.0. The van der Waals surface area contributed by atoms with E-state index in [0.717, 1.165) is 72.6 Å². The van der Waals surface area contributed by atoms with E-state index < -0.39 is 0 Å². The van der Waals surface area contributed by atoms with Crippen LogP contribution in [0.5, 0.6) is 5.75 Å². The summed E-state index contributed by atoms with van der Waals surface area (Å²) >= 11 is 0. The van der Waals surface area contributed by atoms with E-state index in [9.17, 15) is 4.79 Å². The van der Waals surface area contributed by atoms with Crippen LogP contribution < -0.4 is 10.5 Å². The zero-order valence-electron chi connectivity index (χ0n) is 21.4. The molecule has 0 aliphatic carbocycles. The number of nitrogens with zero attached hydrogens (tertiary/aromatic N) is 3. The van der Waals surface area contributed by atoms with Crippen molar-refractivity contribution in [3.63, 3.8) is 0 Å². The summed E-state index contributed by atoms with van der Waals surface area (Å²) < 4.78 is 7.49. The van der Waals surface area contributed by atoms with E-state index in [-0.39, 0.29) is 5.91 Å². The fourth-order valence-electron chi connectivity index (χ4n) is 4.02. The average Bonchev–Trinajstić information content (AvgIpc) is 3.19. The van der Waals surface area contributed by atoms with Crippen LogP contribution >= 0.6 is 0 Å². The maximum Gasteiger partial charge on any atom is 0.253 e. The molecule has 0 spiro atoms. The molecule has 184 valence electrons. The third kappa shape index (κ3) is 6.38. The van der Waals surface area contributed by atoms with Crippen LogP contribution in [0.1, 0.15) is 57.3 Å². The van der Waals surface area contributed by atoms with E-state index in [1.165, 1.54) is 0 Å². The zero-order chi connectivity index (χ0) is 24.7. The van der Waals surface area contributed by atoms with Gasteiger partial charge >= 0.3 is 0 Å². The van der Waals surface area contributed by atoms with Gasteiger partial charge in [0.1, 0.15) is 11.6 Å². The summed E-state index contributed by atoms with van der Waals surface area (Å²) in [5.74, 6) is 2.90. The van der Waals surface area contributed by atoms with Crippen LogP contribution in [0.2, 0.25) is 0 Å². The molecule has 1 heterocycles. The predicted molar refractivity (Wildman–Crippen MR) is 140 cm³/mol. The van der Waals surface area contributed by atoms with Crippen LogP contribution in [-0.4, -0.2) is 47.1 Å². The van der Waals surface area contributed by atoms with Gasteiger partial charge in [-0.1, -0.05) is 27.7 Å². The maximum absolute atomic E-state index is 13.5. The number of aromatic nitrogens is 2. The first-order valence-corrected chi connectivity index (χ1v) is 12.5. The Morgan fingerprint density at radius 1 is 1.03 bits per heavy atom. The minimum absolute atomic E-state index is 0.0979. The van der Waals surface area contributed by atoms with Gasteiger partial charge in [-0.05, 0) is 80.1 Å². The number of aryl methyl sites for hydroxylation is 1. The van der Waals surface area contributed by atoms with Crippen LogP contribution in [0.4, 0.5) is 0 Å². The number of ether oxygens (including phenoxy) is 1. The van der Waals surface area contributed by atoms with Gasteiger partial charge in [-0.15, -0.1) is 0 Å². The molecule has 3 aromatic rings. The predicted octanol–water partition coefficient (Wildman–Crippen LogP) is 5.60. The van der Waals surface area contributed by atoms with E-state index in [2.05, 4.69) is 32.3 Å². The molecule has 2 N–H and O–H groups in total. The lowest BCUT2D eigenvalue weighted by molar-refractivity contribution is 0.0741. The molecule has 1 amide bonds. The normalized spacial score (nSPS) is 11.5. The van der Waals surface area contributed by atoms with Crippen molar-refractivity contribution in [2.24, 2.45) is 17.6 Å². The number of carbonyl (C=O) groups excluding carboxylic acids is 1. The molecule has 6 heteroatoms. The Hall–Kier alpha value is -2.86. The Morgan fingerprint density at radius 2 is 1.68 bits per heavy atom. The standard InChI is InChI=1S/C28H40N4O2/c1-20(2)13-17-31(18-14-21(3)4)28(33)23-9-12-25-26(19-23)32(16-6-15-29)27(30-25)22-7-10-24(34-5)11-8-22/h7-12,19-21H,6,13-18,29H2,1-5H3. The minimum Gasteiger partial charge on any atom is -0.497 e. The molecular formula is C28H40N4O2. The molecule has 0 saturated carbocycles. The van der Waals surface area contributed by atoms with E-state index in [1.54, 1.807) is 7.11 Å². The summed E-state index contributed by atoms with van der Waals surface area (Å²) in [6.45, 7) is 11.7. The van der Waals surface area contributed by atoms with Crippen LogP contribution in [0.15, 0.2) is 42.5 Å². The summed E-state index contributed by atoms with van der Waals surface area (Å²) in [7, 11) is 1.66. The van der Waals surface area contributed by atoms with Gasteiger partial charge in [-0.3, -0.25) is 4.79 Å². The molecule has 0 atom stereocenters. The van der Waals surface area contributed by atoms with Gasteiger partial charge in [0, 0.05) is 30.8 Å². The van der Waals surface area contributed by atoms with Crippen molar-refractivity contribution >= 4 is 16.9 Å². The fraction of sp³-hybridized carbons (Fsp3) is 0.500. The lowest BCUT2D eigenvalue weighted by Crippen LogP contribution is -2.34. The molecular weight excluding hydrogens is 424 g/mol. The number of fused-ring (bicyclic) bond motifs is 1. The molecule has 0 fully saturated rings. The van der Waals surface area contributed by atoms with Crippen LogP contribution in [0, 0.1) is 11.8 Å². The van der Waals surface area contributed by atoms with Crippen molar-refractivity contribution in [1.82, 2.24) is 14.5 Å². The largest absolute Gasteiger partial charge is 0.497 e. The molecule has 2 aromatic carbocycles. The molecule has 34 heavy (non-hydrogen) atoms. The summed E-state index contributed by atoms with van der Waals surface area (Å²) in [6, 6.07) is 13.8. The lowest BCUT2D eigenvalue weighted by atomic mass is 10.1. The number of hydrogen-bond acceptors (Lipinski definition) is 4. The number of benzene rings is 2. The van der Waals surface area contributed by atoms with Crippen molar-refractivity contribution in [3.05, 3.63) is 48.0 Å². The number of carbonyl (C=O) groups is 1. The van der Waals surface area contributed by atoms with E-state index in [1.807, 2.05) is 47.4 Å². The first kappa shape index (κ1) is 25.8. The van der Waals surface area contributed by atoms with E-state index in [4.69, 9.17) is 15.5 Å². The highest BCUT2D eigenvalue weighted by Crippen LogP contribution is 2.28. The summed E-state index contributed by atoms with van der Waals surface area (Å²) in [6.07, 6.45) is 2.84. The molecule has 1 aromatic heterocycles.